The van der Waals surface area contributed by atoms with Gasteiger partial charge in [-0.3, -0.25) is 9.69 Å². The SMILES string of the molecule is CCN(C)C(=O)CN(C)C1CNC1. The zero-order valence-corrected chi connectivity index (χ0v) is 8.71. The fraction of sp³-hybridized carbons (Fsp3) is 0.889. The highest BCUT2D eigenvalue weighted by molar-refractivity contribution is 5.77. The molecule has 0 atom stereocenters. The molecular weight excluding hydrogens is 166 g/mol. The first-order valence-corrected chi connectivity index (χ1v) is 4.80. The van der Waals surface area contributed by atoms with Gasteiger partial charge in [-0.05, 0) is 14.0 Å². The van der Waals surface area contributed by atoms with Crippen LogP contribution in [0.3, 0.4) is 0 Å². The van der Waals surface area contributed by atoms with E-state index in [1.54, 1.807) is 4.90 Å². The highest BCUT2D eigenvalue weighted by atomic mass is 16.2. The quantitative estimate of drug-likeness (QED) is 0.633. The predicted molar refractivity (Wildman–Crippen MR) is 52.6 cm³/mol. The van der Waals surface area contributed by atoms with Crippen molar-refractivity contribution in [2.45, 2.75) is 13.0 Å². The maximum absolute atomic E-state index is 11.5. The van der Waals surface area contributed by atoms with Gasteiger partial charge in [0.25, 0.3) is 0 Å². The van der Waals surface area contributed by atoms with Crippen molar-refractivity contribution < 1.29 is 4.79 Å². The van der Waals surface area contributed by atoms with Crippen molar-refractivity contribution in [2.75, 3.05) is 40.3 Å². The summed E-state index contributed by atoms with van der Waals surface area (Å²) >= 11 is 0. The van der Waals surface area contributed by atoms with Gasteiger partial charge in [0.15, 0.2) is 0 Å². The molecule has 0 aromatic heterocycles. The van der Waals surface area contributed by atoms with Crippen LogP contribution in [0.2, 0.25) is 0 Å². The van der Waals surface area contributed by atoms with Crippen LogP contribution in [0.4, 0.5) is 0 Å². The number of rotatable bonds is 4. The van der Waals surface area contributed by atoms with Crippen molar-refractivity contribution in [1.29, 1.82) is 0 Å². The van der Waals surface area contributed by atoms with E-state index in [0.717, 1.165) is 19.6 Å². The van der Waals surface area contributed by atoms with Crippen molar-refractivity contribution in [3.05, 3.63) is 0 Å². The summed E-state index contributed by atoms with van der Waals surface area (Å²) in [5.74, 6) is 0.205. The third kappa shape index (κ3) is 2.67. The summed E-state index contributed by atoms with van der Waals surface area (Å²) in [5.41, 5.74) is 0. The van der Waals surface area contributed by atoms with E-state index in [4.69, 9.17) is 0 Å². The Kier molecular flexibility index (Phi) is 3.69. The molecule has 0 saturated carbocycles. The van der Waals surface area contributed by atoms with Gasteiger partial charge >= 0.3 is 0 Å². The first-order valence-electron chi connectivity index (χ1n) is 4.80. The Bertz CT molecular complexity index is 180. The largest absolute Gasteiger partial charge is 0.345 e. The third-order valence-corrected chi connectivity index (χ3v) is 2.67. The van der Waals surface area contributed by atoms with E-state index in [1.807, 2.05) is 21.0 Å². The zero-order chi connectivity index (χ0) is 9.84. The van der Waals surface area contributed by atoms with Crippen LogP contribution >= 0.6 is 0 Å². The first-order chi connectivity index (χ1) is 6.15. The number of likely N-dealkylation sites (N-methyl/N-ethyl adjacent to an activating group) is 2. The van der Waals surface area contributed by atoms with Crippen LogP contribution in [0.25, 0.3) is 0 Å². The Morgan fingerprint density at radius 2 is 2.08 bits per heavy atom. The molecule has 0 unspecified atom stereocenters. The number of nitrogens with zero attached hydrogens (tertiary/aromatic N) is 2. The fourth-order valence-electron chi connectivity index (χ4n) is 1.22. The normalized spacial score (nSPS) is 17.2. The predicted octanol–water partition coefficient (Wildman–Crippen LogP) is -0.632. The second kappa shape index (κ2) is 4.58. The lowest BCUT2D eigenvalue weighted by atomic mass is 10.1. The maximum Gasteiger partial charge on any atom is 0.236 e. The lowest BCUT2D eigenvalue weighted by Crippen LogP contribution is -2.57. The van der Waals surface area contributed by atoms with Crippen LogP contribution in [0.1, 0.15) is 6.92 Å². The minimum atomic E-state index is 0.205. The fourth-order valence-corrected chi connectivity index (χ4v) is 1.22. The summed E-state index contributed by atoms with van der Waals surface area (Å²) in [7, 11) is 3.85. The second-order valence-electron chi connectivity index (χ2n) is 3.64. The van der Waals surface area contributed by atoms with E-state index >= 15 is 0 Å². The van der Waals surface area contributed by atoms with Crippen molar-refractivity contribution >= 4 is 5.91 Å². The van der Waals surface area contributed by atoms with Gasteiger partial charge in [-0.2, -0.15) is 0 Å². The van der Waals surface area contributed by atoms with Crippen molar-refractivity contribution in [2.24, 2.45) is 0 Å². The van der Waals surface area contributed by atoms with E-state index in [0.29, 0.717) is 12.6 Å². The van der Waals surface area contributed by atoms with Crippen molar-refractivity contribution in [1.82, 2.24) is 15.1 Å². The molecular formula is C9H19N3O. The Balaban J connectivity index is 2.26. The van der Waals surface area contributed by atoms with Crippen LogP contribution in [-0.2, 0) is 4.79 Å². The number of nitrogens with one attached hydrogen (secondary N) is 1. The van der Waals surface area contributed by atoms with Crippen LogP contribution < -0.4 is 5.32 Å². The van der Waals surface area contributed by atoms with Gasteiger partial charge in [0.2, 0.25) is 5.91 Å². The molecule has 1 heterocycles. The Morgan fingerprint density at radius 1 is 1.46 bits per heavy atom. The summed E-state index contributed by atoms with van der Waals surface area (Å²) in [6.45, 7) is 5.34. The molecule has 1 amide bonds. The average molecular weight is 185 g/mol. The average Bonchev–Trinajstić information content (AvgIpc) is 1.99. The van der Waals surface area contributed by atoms with Gasteiger partial charge in [-0.1, -0.05) is 0 Å². The molecule has 1 N–H and O–H groups in total. The summed E-state index contributed by atoms with van der Waals surface area (Å²) in [6.07, 6.45) is 0. The standard InChI is InChI=1S/C9H19N3O/c1-4-11(2)9(13)7-12(3)8-5-10-6-8/h8,10H,4-7H2,1-3H3. The Labute approximate surface area is 79.9 Å². The maximum atomic E-state index is 11.5. The van der Waals surface area contributed by atoms with Crippen LogP contribution in [0.15, 0.2) is 0 Å². The number of amides is 1. The van der Waals surface area contributed by atoms with Crippen LogP contribution in [-0.4, -0.2) is 62.0 Å². The zero-order valence-electron chi connectivity index (χ0n) is 8.71. The summed E-state index contributed by atoms with van der Waals surface area (Å²) in [5, 5.41) is 3.19. The minimum Gasteiger partial charge on any atom is -0.345 e. The van der Waals surface area contributed by atoms with E-state index < -0.39 is 0 Å². The second-order valence-corrected chi connectivity index (χ2v) is 3.64. The third-order valence-electron chi connectivity index (χ3n) is 2.67. The van der Waals surface area contributed by atoms with Crippen LogP contribution in [0, 0.1) is 0 Å². The smallest absolute Gasteiger partial charge is 0.236 e. The Hall–Kier alpha value is -0.610. The van der Waals surface area contributed by atoms with Crippen molar-refractivity contribution in [3.63, 3.8) is 0 Å². The molecule has 0 radical (unpaired) electrons. The van der Waals surface area contributed by atoms with E-state index in [2.05, 4.69) is 10.2 Å². The van der Waals surface area contributed by atoms with Gasteiger partial charge in [-0.25, -0.2) is 0 Å². The lowest BCUT2D eigenvalue weighted by molar-refractivity contribution is -0.131. The number of hydrogen-bond donors (Lipinski definition) is 1. The molecule has 1 aliphatic rings. The molecule has 4 nitrogen and oxygen atoms in total. The molecule has 1 aliphatic heterocycles. The molecule has 0 aromatic rings. The first kappa shape index (κ1) is 10.5. The monoisotopic (exact) mass is 185 g/mol. The number of carbonyl (C=O) groups excluding carboxylic acids is 1. The molecule has 1 saturated heterocycles. The highest BCUT2D eigenvalue weighted by Crippen LogP contribution is 2.01. The molecule has 0 aromatic carbocycles. The molecule has 1 rings (SSSR count). The van der Waals surface area contributed by atoms with Gasteiger partial charge in [0, 0.05) is 32.7 Å². The minimum absolute atomic E-state index is 0.205. The van der Waals surface area contributed by atoms with Gasteiger partial charge in [0.05, 0.1) is 6.54 Å². The number of hydrogen-bond acceptors (Lipinski definition) is 3. The molecule has 0 bridgehead atoms. The molecule has 4 heteroatoms. The molecule has 0 aliphatic carbocycles. The Morgan fingerprint density at radius 3 is 2.46 bits per heavy atom. The van der Waals surface area contributed by atoms with E-state index in [1.165, 1.54) is 0 Å². The molecule has 76 valence electrons. The lowest BCUT2D eigenvalue weighted by Gasteiger charge is -2.35. The summed E-state index contributed by atoms with van der Waals surface area (Å²) < 4.78 is 0. The highest BCUT2D eigenvalue weighted by Gasteiger charge is 2.23. The number of carbonyl (C=O) groups is 1. The summed E-state index contributed by atoms with van der Waals surface area (Å²) in [6, 6.07) is 0.550. The van der Waals surface area contributed by atoms with Gasteiger partial charge < -0.3 is 10.2 Å². The molecule has 1 fully saturated rings. The molecule has 0 spiro atoms. The van der Waals surface area contributed by atoms with Crippen molar-refractivity contribution in [3.8, 4) is 0 Å². The van der Waals surface area contributed by atoms with E-state index in [-0.39, 0.29) is 5.91 Å². The molecule has 13 heavy (non-hydrogen) atoms. The summed E-state index contributed by atoms with van der Waals surface area (Å²) in [4.78, 5) is 15.4. The van der Waals surface area contributed by atoms with E-state index in [9.17, 15) is 4.79 Å². The van der Waals surface area contributed by atoms with Crippen LogP contribution in [0.5, 0.6) is 0 Å². The van der Waals surface area contributed by atoms with Gasteiger partial charge in [0.1, 0.15) is 0 Å². The topological polar surface area (TPSA) is 35.6 Å². The van der Waals surface area contributed by atoms with Gasteiger partial charge in [-0.15, -0.1) is 0 Å².